The Labute approximate surface area is 62.8 Å². The molecule has 1 rings (SSSR count). The molecule has 1 fully saturated rings. The second kappa shape index (κ2) is 4.35. The lowest BCUT2D eigenvalue weighted by Gasteiger charge is -2.20. The predicted molar refractivity (Wildman–Crippen MR) is 41.3 cm³/mol. The monoisotopic (exact) mass is 137 g/mol. The van der Waals surface area contributed by atoms with Gasteiger partial charge in [-0.15, -0.1) is 6.42 Å². The van der Waals surface area contributed by atoms with Crippen LogP contribution < -0.4 is 0 Å². The molecular formula is C9H13O. The first kappa shape index (κ1) is 7.63. The highest BCUT2D eigenvalue weighted by Crippen LogP contribution is 2.18. The molecule has 1 saturated carbocycles. The predicted octanol–water partition coefficient (Wildman–Crippen LogP) is 1.78. The average molecular weight is 137 g/mol. The normalized spacial score (nSPS) is 20.3. The number of terminal acetylenes is 1. The average Bonchev–Trinajstić information content (AvgIpc) is 2.03. The van der Waals surface area contributed by atoms with Gasteiger partial charge in [0.2, 0.25) is 0 Å². The van der Waals surface area contributed by atoms with Crippen molar-refractivity contribution in [1.82, 2.24) is 0 Å². The van der Waals surface area contributed by atoms with E-state index in [1.165, 1.54) is 19.3 Å². The molecule has 1 atom stereocenters. The summed E-state index contributed by atoms with van der Waals surface area (Å²) in [6.45, 7) is 0.471. The molecule has 0 aromatic carbocycles. The molecule has 0 bridgehead atoms. The molecule has 0 aromatic rings. The Morgan fingerprint density at radius 1 is 1.70 bits per heavy atom. The van der Waals surface area contributed by atoms with Gasteiger partial charge in [-0.2, -0.15) is 0 Å². The third-order valence-corrected chi connectivity index (χ3v) is 1.77. The molecule has 55 valence electrons. The molecule has 0 aliphatic heterocycles. The highest BCUT2D eigenvalue weighted by molar-refractivity contribution is 4.85. The van der Waals surface area contributed by atoms with Crippen LogP contribution in [0.3, 0.4) is 0 Å². The van der Waals surface area contributed by atoms with Gasteiger partial charge in [0.15, 0.2) is 0 Å². The Balaban J connectivity index is 2.09. The third kappa shape index (κ3) is 2.41. The molecule has 1 unspecified atom stereocenters. The fourth-order valence-electron chi connectivity index (χ4n) is 1.23. The Morgan fingerprint density at radius 2 is 2.60 bits per heavy atom. The summed E-state index contributed by atoms with van der Waals surface area (Å²) in [5.41, 5.74) is 0. The largest absolute Gasteiger partial charge is 0.366 e. The van der Waals surface area contributed by atoms with Crippen molar-refractivity contribution in [3.05, 3.63) is 6.42 Å². The lowest BCUT2D eigenvalue weighted by Crippen LogP contribution is -2.16. The molecule has 1 nitrogen and oxygen atoms in total. The SMILES string of the molecule is C#CCOC1C[CH]CCC1. The first-order valence-corrected chi connectivity index (χ1v) is 3.80. The minimum absolute atomic E-state index is 0.407. The Morgan fingerprint density at radius 3 is 3.20 bits per heavy atom. The van der Waals surface area contributed by atoms with Crippen molar-refractivity contribution in [2.45, 2.75) is 31.8 Å². The maximum Gasteiger partial charge on any atom is 0.107 e. The van der Waals surface area contributed by atoms with Crippen LogP contribution in [0.5, 0.6) is 0 Å². The summed E-state index contributed by atoms with van der Waals surface area (Å²) in [5.74, 6) is 2.48. The topological polar surface area (TPSA) is 9.23 Å². The van der Waals surface area contributed by atoms with E-state index in [9.17, 15) is 0 Å². The van der Waals surface area contributed by atoms with Crippen LogP contribution in [-0.2, 0) is 4.74 Å². The molecule has 1 aliphatic rings. The van der Waals surface area contributed by atoms with Crippen molar-refractivity contribution in [3.63, 3.8) is 0 Å². The van der Waals surface area contributed by atoms with E-state index in [1.807, 2.05) is 0 Å². The third-order valence-electron chi connectivity index (χ3n) is 1.77. The molecule has 1 radical (unpaired) electrons. The van der Waals surface area contributed by atoms with Crippen LogP contribution in [-0.4, -0.2) is 12.7 Å². The first-order chi connectivity index (χ1) is 4.93. The van der Waals surface area contributed by atoms with Gasteiger partial charge in [-0.05, 0) is 25.7 Å². The van der Waals surface area contributed by atoms with Gasteiger partial charge in [-0.3, -0.25) is 0 Å². The van der Waals surface area contributed by atoms with Gasteiger partial charge in [0.25, 0.3) is 0 Å². The van der Waals surface area contributed by atoms with E-state index in [4.69, 9.17) is 11.2 Å². The van der Waals surface area contributed by atoms with Crippen molar-refractivity contribution < 1.29 is 4.74 Å². The lowest BCUT2D eigenvalue weighted by atomic mass is 9.98. The van der Waals surface area contributed by atoms with Crippen molar-refractivity contribution in [1.29, 1.82) is 0 Å². The quantitative estimate of drug-likeness (QED) is 0.527. The van der Waals surface area contributed by atoms with Crippen LogP contribution in [0.15, 0.2) is 0 Å². The van der Waals surface area contributed by atoms with Crippen LogP contribution in [0.25, 0.3) is 0 Å². The van der Waals surface area contributed by atoms with E-state index < -0.39 is 0 Å². The van der Waals surface area contributed by atoms with Crippen LogP contribution in [0, 0.1) is 18.8 Å². The van der Waals surface area contributed by atoms with Crippen LogP contribution >= 0.6 is 0 Å². The van der Waals surface area contributed by atoms with Gasteiger partial charge in [0.05, 0.1) is 6.10 Å². The molecule has 1 heteroatoms. The van der Waals surface area contributed by atoms with E-state index in [0.29, 0.717) is 12.7 Å². The van der Waals surface area contributed by atoms with E-state index in [0.717, 1.165) is 6.42 Å². The van der Waals surface area contributed by atoms with Gasteiger partial charge >= 0.3 is 0 Å². The zero-order valence-electron chi connectivity index (χ0n) is 6.18. The number of ether oxygens (including phenoxy) is 1. The second-order valence-corrected chi connectivity index (χ2v) is 2.59. The van der Waals surface area contributed by atoms with Gasteiger partial charge in [0, 0.05) is 0 Å². The van der Waals surface area contributed by atoms with E-state index in [-0.39, 0.29) is 0 Å². The summed E-state index contributed by atoms with van der Waals surface area (Å²) in [5, 5.41) is 0. The molecule has 1 aliphatic carbocycles. The Hall–Kier alpha value is -0.480. The summed E-state index contributed by atoms with van der Waals surface area (Å²) in [4.78, 5) is 0. The first-order valence-electron chi connectivity index (χ1n) is 3.80. The van der Waals surface area contributed by atoms with Crippen LogP contribution in [0.1, 0.15) is 25.7 Å². The Kier molecular flexibility index (Phi) is 3.32. The molecule has 0 heterocycles. The summed E-state index contributed by atoms with van der Waals surface area (Å²) >= 11 is 0. The van der Waals surface area contributed by atoms with Crippen LogP contribution in [0.2, 0.25) is 0 Å². The molecule has 0 aromatic heterocycles. The fourth-order valence-corrected chi connectivity index (χ4v) is 1.23. The molecule has 0 N–H and O–H groups in total. The van der Waals surface area contributed by atoms with Crippen molar-refractivity contribution in [2.75, 3.05) is 6.61 Å². The maximum atomic E-state index is 5.36. The number of hydrogen-bond acceptors (Lipinski definition) is 1. The maximum absolute atomic E-state index is 5.36. The minimum atomic E-state index is 0.407. The van der Waals surface area contributed by atoms with Crippen molar-refractivity contribution >= 4 is 0 Å². The molecule has 0 spiro atoms. The van der Waals surface area contributed by atoms with Gasteiger partial charge in [0.1, 0.15) is 6.61 Å². The van der Waals surface area contributed by atoms with E-state index in [2.05, 4.69) is 12.3 Å². The van der Waals surface area contributed by atoms with Gasteiger partial charge in [-0.1, -0.05) is 12.3 Å². The number of hydrogen-bond donors (Lipinski definition) is 0. The second-order valence-electron chi connectivity index (χ2n) is 2.59. The van der Waals surface area contributed by atoms with Gasteiger partial charge in [-0.25, -0.2) is 0 Å². The zero-order chi connectivity index (χ0) is 7.23. The number of rotatable bonds is 2. The van der Waals surface area contributed by atoms with Crippen molar-refractivity contribution in [2.24, 2.45) is 0 Å². The summed E-state index contributed by atoms with van der Waals surface area (Å²) < 4.78 is 5.36. The summed E-state index contributed by atoms with van der Waals surface area (Å²) in [6, 6.07) is 0. The Bertz CT molecular complexity index is 117. The molecule has 10 heavy (non-hydrogen) atoms. The van der Waals surface area contributed by atoms with Gasteiger partial charge < -0.3 is 4.74 Å². The van der Waals surface area contributed by atoms with Crippen LogP contribution in [0.4, 0.5) is 0 Å². The van der Waals surface area contributed by atoms with Crippen molar-refractivity contribution in [3.8, 4) is 12.3 Å². The highest BCUT2D eigenvalue weighted by Gasteiger charge is 2.12. The smallest absolute Gasteiger partial charge is 0.107 e. The highest BCUT2D eigenvalue weighted by atomic mass is 16.5. The zero-order valence-corrected chi connectivity index (χ0v) is 6.18. The van der Waals surface area contributed by atoms with E-state index >= 15 is 0 Å². The lowest BCUT2D eigenvalue weighted by molar-refractivity contribution is 0.0611. The summed E-state index contributed by atoms with van der Waals surface area (Å²) in [7, 11) is 0. The summed E-state index contributed by atoms with van der Waals surface area (Å²) in [6.07, 6.45) is 12.5. The minimum Gasteiger partial charge on any atom is -0.366 e. The standard InChI is InChI=1S/C9H13O/c1-2-8-10-9-6-4-3-5-7-9/h1,4,9H,3,5-8H2. The fraction of sp³-hybridized carbons (Fsp3) is 0.667. The van der Waals surface area contributed by atoms with E-state index in [1.54, 1.807) is 0 Å². The molecular weight excluding hydrogens is 124 g/mol. The molecule has 0 amide bonds. The molecule has 0 saturated heterocycles.